The SMILES string of the molecule is CC(C)N1CCC(CN2C[C@@H](Cc3ccc4ccccc4n3)[C@H](O)C2)CC1. The summed E-state index contributed by atoms with van der Waals surface area (Å²) in [7, 11) is 0. The number of aliphatic hydroxyl groups is 1. The Morgan fingerprint density at radius 3 is 2.63 bits per heavy atom. The first-order valence-electron chi connectivity index (χ1n) is 10.6. The van der Waals surface area contributed by atoms with Gasteiger partial charge in [-0.05, 0) is 64.3 Å². The molecular weight excluding hydrogens is 334 g/mol. The molecule has 1 aromatic carbocycles. The molecule has 2 saturated heterocycles. The molecule has 0 saturated carbocycles. The second-order valence-electron chi connectivity index (χ2n) is 8.82. The summed E-state index contributed by atoms with van der Waals surface area (Å²) in [5.41, 5.74) is 2.15. The fourth-order valence-electron chi connectivity index (χ4n) is 4.80. The number of aliphatic hydroxyl groups excluding tert-OH is 1. The molecule has 1 N–H and O–H groups in total. The molecule has 4 nitrogen and oxygen atoms in total. The molecule has 2 fully saturated rings. The first-order valence-corrected chi connectivity index (χ1v) is 10.6. The Hall–Kier alpha value is -1.49. The van der Waals surface area contributed by atoms with Gasteiger partial charge in [-0.1, -0.05) is 24.3 Å². The van der Waals surface area contributed by atoms with Crippen LogP contribution in [0.5, 0.6) is 0 Å². The maximum absolute atomic E-state index is 10.6. The average molecular weight is 368 g/mol. The van der Waals surface area contributed by atoms with Crippen molar-refractivity contribution in [3.05, 3.63) is 42.1 Å². The summed E-state index contributed by atoms with van der Waals surface area (Å²) in [6.45, 7) is 10.0. The van der Waals surface area contributed by atoms with Crippen molar-refractivity contribution in [3.8, 4) is 0 Å². The first-order chi connectivity index (χ1) is 13.1. The number of hydrogen-bond acceptors (Lipinski definition) is 4. The van der Waals surface area contributed by atoms with E-state index >= 15 is 0 Å². The molecule has 0 bridgehead atoms. The summed E-state index contributed by atoms with van der Waals surface area (Å²) in [6, 6.07) is 13.2. The summed E-state index contributed by atoms with van der Waals surface area (Å²) in [6.07, 6.45) is 3.23. The molecule has 0 radical (unpaired) electrons. The van der Waals surface area contributed by atoms with Crippen LogP contribution in [0.2, 0.25) is 0 Å². The van der Waals surface area contributed by atoms with Gasteiger partial charge in [0, 0.05) is 42.7 Å². The highest BCUT2D eigenvalue weighted by molar-refractivity contribution is 5.78. The van der Waals surface area contributed by atoms with E-state index in [9.17, 15) is 5.11 Å². The number of likely N-dealkylation sites (tertiary alicyclic amines) is 2. The van der Waals surface area contributed by atoms with Gasteiger partial charge >= 0.3 is 0 Å². The number of aromatic nitrogens is 1. The van der Waals surface area contributed by atoms with Crippen LogP contribution >= 0.6 is 0 Å². The molecule has 0 unspecified atom stereocenters. The Morgan fingerprint density at radius 1 is 1.07 bits per heavy atom. The van der Waals surface area contributed by atoms with Crippen LogP contribution in [0.4, 0.5) is 0 Å². The summed E-state index contributed by atoms with van der Waals surface area (Å²) < 4.78 is 0. The van der Waals surface area contributed by atoms with Gasteiger partial charge in [0.15, 0.2) is 0 Å². The molecule has 1 aromatic heterocycles. The Labute approximate surface area is 163 Å². The molecular formula is C23H33N3O. The van der Waals surface area contributed by atoms with Gasteiger partial charge in [-0.15, -0.1) is 0 Å². The van der Waals surface area contributed by atoms with Gasteiger partial charge in [0.1, 0.15) is 0 Å². The molecule has 4 heteroatoms. The fraction of sp³-hybridized carbons (Fsp3) is 0.609. The zero-order valence-corrected chi connectivity index (χ0v) is 16.7. The maximum atomic E-state index is 10.6. The lowest BCUT2D eigenvalue weighted by molar-refractivity contribution is 0.118. The second-order valence-corrected chi connectivity index (χ2v) is 8.82. The van der Waals surface area contributed by atoms with Gasteiger partial charge in [-0.25, -0.2) is 0 Å². The van der Waals surface area contributed by atoms with Gasteiger partial charge in [0.05, 0.1) is 11.6 Å². The topological polar surface area (TPSA) is 39.6 Å². The molecule has 0 spiro atoms. The lowest BCUT2D eigenvalue weighted by Gasteiger charge is -2.36. The highest BCUT2D eigenvalue weighted by Crippen LogP contribution is 2.26. The van der Waals surface area contributed by atoms with Crippen molar-refractivity contribution >= 4 is 10.9 Å². The molecule has 3 heterocycles. The van der Waals surface area contributed by atoms with E-state index in [1.807, 2.05) is 12.1 Å². The second kappa shape index (κ2) is 8.26. The van der Waals surface area contributed by atoms with Crippen molar-refractivity contribution in [2.24, 2.45) is 11.8 Å². The van der Waals surface area contributed by atoms with Crippen LogP contribution in [0.25, 0.3) is 10.9 Å². The third kappa shape index (κ3) is 4.50. The summed E-state index contributed by atoms with van der Waals surface area (Å²) >= 11 is 0. The van der Waals surface area contributed by atoms with E-state index in [0.29, 0.717) is 12.0 Å². The first kappa shape index (κ1) is 18.9. The number of benzene rings is 1. The van der Waals surface area contributed by atoms with Crippen LogP contribution in [0, 0.1) is 11.8 Å². The molecule has 2 atom stereocenters. The Balaban J connectivity index is 1.31. The van der Waals surface area contributed by atoms with Crippen molar-refractivity contribution < 1.29 is 5.11 Å². The molecule has 2 aliphatic heterocycles. The van der Waals surface area contributed by atoms with Gasteiger partial charge in [-0.3, -0.25) is 4.98 Å². The van der Waals surface area contributed by atoms with Crippen molar-refractivity contribution in [1.82, 2.24) is 14.8 Å². The molecule has 4 rings (SSSR count). The Bertz CT molecular complexity index is 754. The number of fused-ring (bicyclic) bond motifs is 1. The third-order valence-electron chi connectivity index (χ3n) is 6.51. The van der Waals surface area contributed by atoms with Crippen LogP contribution in [-0.2, 0) is 6.42 Å². The number of β-amino-alcohol motifs (C(OH)–C–C–N with tert-alkyl or cyclic N) is 1. The van der Waals surface area contributed by atoms with E-state index in [1.54, 1.807) is 0 Å². The molecule has 27 heavy (non-hydrogen) atoms. The third-order valence-corrected chi connectivity index (χ3v) is 6.51. The van der Waals surface area contributed by atoms with Crippen molar-refractivity contribution in [3.63, 3.8) is 0 Å². The average Bonchev–Trinajstić information content (AvgIpc) is 3.01. The zero-order chi connectivity index (χ0) is 18.8. The highest BCUT2D eigenvalue weighted by Gasteiger charge is 2.33. The lowest BCUT2D eigenvalue weighted by atomic mass is 9.95. The van der Waals surface area contributed by atoms with Crippen LogP contribution < -0.4 is 0 Å². The smallest absolute Gasteiger partial charge is 0.0711 e. The van der Waals surface area contributed by atoms with Crippen LogP contribution in [0.1, 0.15) is 32.4 Å². The van der Waals surface area contributed by atoms with Gasteiger partial charge < -0.3 is 14.9 Å². The van der Waals surface area contributed by atoms with Crippen molar-refractivity contribution in [2.75, 3.05) is 32.7 Å². The van der Waals surface area contributed by atoms with Gasteiger partial charge in [0.2, 0.25) is 0 Å². The van der Waals surface area contributed by atoms with Gasteiger partial charge in [-0.2, -0.15) is 0 Å². The Morgan fingerprint density at radius 2 is 1.85 bits per heavy atom. The minimum atomic E-state index is -0.228. The standard InChI is InChI=1S/C23H33N3O/c1-17(2)26-11-9-18(10-12-26)14-25-15-20(23(27)16-25)13-21-8-7-19-5-3-4-6-22(19)24-21/h3-8,17-18,20,23,27H,9-16H2,1-2H3/t20-,23-/m1/s1. The summed E-state index contributed by atoms with van der Waals surface area (Å²) in [4.78, 5) is 9.88. The molecule has 2 aromatic rings. The van der Waals surface area contributed by atoms with E-state index in [1.165, 1.54) is 31.3 Å². The van der Waals surface area contributed by atoms with Crippen LogP contribution in [-0.4, -0.2) is 64.8 Å². The molecule has 0 aliphatic carbocycles. The quantitative estimate of drug-likeness (QED) is 0.881. The maximum Gasteiger partial charge on any atom is 0.0711 e. The number of pyridine rings is 1. The zero-order valence-electron chi connectivity index (χ0n) is 16.7. The van der Waals surface area contributed by atoms with Crippen LogP contribution in [0.3, 0.4) is 0 Å². The van der Waals surface area contributed by atoms with E-state index < -0.39 is 0 Å². The van der Waals surface area contributed by atoms with E-state index in [-0.39, 0.29) is 6.10 Å². The number of hydrogen-bond donors (Lipinski definition) is 1. The minimum Gasteiger partial charge on any atom is -0.391 e. The number of rotatable bonds is 5. The number of nitrogens with zero attached hydrogens (tertiary/aromatic N) is 3. The predicted molar refractivity (Wildman–Crippen MR) is 111 cm³/mol. The number of piperidine rings is 1. The summed E-state index contributed by atoms with van der Waals surface area (Å²) in [5, 5.41) is 11.8. The summed E-state index contributed by atoms with van der Waals surface area (Å²) in [5.74, 6) is 1.08. The monoisotopic (exact) mass is 367 g/mol. The normalized spacial score (nSPS) is 25.6. The van der Waals surface area contributed by atoms with E-state index in [4.69, 9.17) is 4.98 Å². The van der Waals surface area contributed by atoms with Crippen molar-refractivity contribution in [2.45, 2.75) is 45.3 Å². The number of para-hydroxylation sites is 1. The Kier molecular flexibility index (Phi) is 5.76. The molecule has 146 valence electrons. The van der Waals surface area contributed by atoms with Crippen molar-refractivity contribution in [1.29, 1.82) is 0 Å². The van der Waals surface area contributed by atoms with Gasteiger partial charge in [0.25, 0.3) is 0 Å². The lowest BCUT2D eigenvalue weighted by Crippen LogP contribution is -2.41. The van der Waals surface area contributed by atoms with E-state index in [2.05, 4.69) is 47.9 Å². The molecule has 0 amide bonds. The fourth-order valence-corrected chi connectivity index (χ4v) is 4.80. The highest BCUT2D eigenvalue weighted by atomic mass is 16.3. The van der Waals surface area contributed by atoms with E-state index in [0.717, 1.165) is 43.2 Å². The molecule has 2 aliphatic rings. The minimum absolute atomic E-state index is 0.228. The predicted octanol–water partition coefficient (Wildman–Crippen LogP) is 3.19. The van der Waals surface area contributed by atoms with Crippen LogP contribution in [0.15, 0.2) is 36.4 Å². The largest absolute Gasteiger partial charge is 0.391 e.